The van der Waals surface area contributed by atoms with Gasteiger partial charge in [-0.3, -0.25) is 0 Å². The SMILES string of the molecule is Cc1ccc(C(CN)Nc2cccc(Cl)c2)cc1C. The fraction of sp³-hybridized carbons (Fsp3) is 0.250. The first-order valence-corrected chi connectivity index (χ1v) is 6.77. The van der Waals surface area contributed by atoms with Crippen molar-refractivity contribution in [1.82, 2.24) is 0 Å². The van der Waals surface area contributed by atoms with Crippen molar-refractivity contribution in [2.45, 2.75) is 19.9 Å². The summed E-state index contributed by atoms with van der Waals surface area (Å²) in [6.45, 7) is 4.77. The number of nitrogens with two attached hydrogens (primary N) is 1. The topological polar surface area (TPSA) is 38.0 Å². The van der Waals surface area contributed by atoms with E-state index in [1.165, 1.54) is 16.7 Å². The quantitative estimate of drug-likeness (QED) is 0.882. The van der Waals surface area contributed by atoms with Gasteiger partial charge in [-0.1, -0.05) is 35.9 Å². The molecule has 0 aliphatic carbocycles. The molecule has 1 unspecified atom stereocenters. The molecule has 2 rings (SSSR count). The fourth-order valence-corrected chi connectivity index (χ4v) is 2.23. The molecule has 19 heavy (non-hydrogen) atoms. The Labute approximate surface area is 119 Å². The maximum absolute atomic E-state index is 5.99. The average Bonchev–Trinajstić information content (AvgIpc) is 2.39. The van der Waals surface area contributed by atoms with E-state index in [0.29, 0.717) is 6.54 Å². The van der Waals surface area contributed by atoms with Crippen LogP contribution in [0, 0.1) is 13.8 Å². The lowest BCUT2D eigenvalue weighted by molar-refractivity contribution is 0.788. The van der Waals surface area contributed by atoms with Gasteiger partial charge in [-0.25, -0.2) is 0 Å². The van der Waals surface area contributed by atoms with Crippen LogP contribution in [0.1, 0.15) is 22.7 Å². The van der Waals surface area contributed by atoms with Crippen LogP contribution in [0.3, 0.4) is 0 Å². The predicted molar refractivity (Wildman–Crippen MR) is 82.8 cm³/mol. The largest absolute Gasteiger partial charge is 0.377 e. The molecular weight excluding hydrogens is 256 g/mol. The first kappa shape index (κ1) is 13.9. The van der Waals surface area contributed by atoms with Crippen molar-refractivity contribution in [3.05, 3.63) is 64.2 Å². The van der Waals surface area contributed by atoms with Crippen molar-refractivity contribution in [2.75, 3.05) is 11.9 Å². The Kier molecular flexibility index (Phi) is 4.46. The first-order chi connectivity index (χ1) is 9.10. The standard InChI is InChI=1S/C16H19ClN2/c1-11-6-7-13(8-12(11)2)16(10-18)19-15-5-3-4-14(17)9-15/h3-9,16,19H,10,18H2,1-2H3. The highest BCUT2D eigenvalue weighted by Crippen LogP contribution is 2.23. The van der Waals surface area contributed by atoms with Crippen molar-refractivity contribution in [3.63, 3.8) is 0 Å². The van der Waals surface area contributed by atoms with Crippen LogP contribution in [0.25, 0.3) is 0 Å². The predicted octanol–water partition coefficient (Wildman–Crippen LogP) is 4.07. The highest BCUT2D eigenvalue weighted by molar-refractivity contribution is 6.30. The highest BCUT2D eigenvalue weighted by atomic mass is 35.5. The second kappa shape index (κ2) is 6.09. The molecule has 0 saturated carbocycles. The summed E-state index contributed by atoms with van der Waals surface area (Å²) in [7, 11) is 0. The van der Waals surface area contributed by atoms with Gasteiger partial charge in [-0.2, -0.15) is 0 Å². The lowest BCUT2D eigenvalue weighted by Gasteiger charge is -2.19. The van der Waals surface area contributed by atoms with Gasteiger partial charge in [0.05, 0.1) is 6.04 Å². The third-order valence-electron chi connectivity index (χ3n) is 3.33. The molecule has 3 heteroatoms. The third kappa shape index (κ3) is 3.49. The maximum Gasteiger partial charge on any atom is 0.0636 e. The Balaban J connectivity index is 2.22. The number of hydrogen-bond acceptors (Lipinski definition) is 2. The van der Waals surface area contributed by atoms with Crippen LogP contribution in [0.2, 0.25) is 5.02 Å². The van der Waals surface area contributed by atoms with Crippen LogP contribution >= 0.6 is 11.6 Å². The average molecular weight is 275 g/mol. The summed E-state index contributed by atoms with van der Waals surface area (Å²) in [5.74, 6) is 0. The lowest BCUT2D eigenvalue weighted by atomic mass is 10.0. The molecule has 0 aliphatic heterocycles. The van der Waals surface area contributed by atoms with Crippen LogP contribution in [0.5, 0.6) is 0 Å². The molecule has 3 N–H and O–H groups in total. The summed E-state index contributed by atoms with van der Waals surface area (Å²) in [6.07, 6.45) is 0. The fourth-order valence-electron chi connectivity index (χ4n) is 2.04. The number of rotatable bonds is 4. The van der Waals surface area contributed by atoms with E-state index in [1.54, 1.807) is 0 Å². The molecule has 2 nitrogen and oxygen atoms in total. The third-order valence-corrected chi connectivity index (χ3v) is 3.57. The summed E-state index contributed by atoms with van der Waals surface area (Å²) in [4.78, 5) is 0. The Morgan fingerprint density at radius 1 is 1.11 bits per heavy atom. The van der Waals surface area contributed by atoms with Gasteiger partial charge >= 0.3 is 0 Å². The molecule has 0 fully saturated rings. The van der Waals surface area contributed by atoms with Crippen molar-refractivity contribution >= 4 is 17.3 Å². The normalized spacial score (nSPS) is 12.2. The molecule has 1 atom stereocenters. The van der Waals surface area contributed by atoms with Crippen molar-refractivity contribution in [2.24, 2.45) is 5.73 Å². The summed E-state index contributed by atoms with van der Waals surface area (Å²) in [5.41, 5.74) is 10.6. The van der Waals surface area contributed by atoms with E-state index < -0.39 is 0 Å². The Hall–Kier alpha value is -1.51. The van der Waals surface area contributed by atoms with Gasteiger partial charge in [0.1, 0.15) is 0 Å². The van der Waals surface area contributed by atoms with Crippen LogP contribution < -0.4 is 11.1 Å². The van der Waals surface area contributed by atoms with E-state index in [1.807, 2.05) is 24.3 Å². The van der Waals surface area contributed by atoms with Gasteiger partial charge in [0.2, 0.25) is 0 Å². The molecule has 100 valence electrons. The zero-order chi connectivity index (χ0) is 13.8. The van der Waals surface area contributed by atoms with Gasteiger partial charge in [-0.05, 0) is 48.7 Å². The molecule has 0 bridgehead atoms. The molecule has 0 spiro atoms. The van der Waals surface area contributed by atoms with E-state index in [4.69, 9.17) is 17.3 Å². The van der Waals surface area contributed by atoms with Gasteiger partial charge in [0, 0.05) is 17.3 Å². The summed E-state index contributed by atoms with van der Waals surface area (Å²) in [6, 6.07) is 14.2. The van der Waals surface area contributed by atoms with Crippen LogP contribution in [-0.4, -0.2) is 6.54 Å². The molecule has 0 radical (unpaired) electrons. The lowest BCUT2D eigenvalue weighted by Crippen LogP contribution is -2.20. The smallest absolute Gasteiger partial charge is 0.0636 e. The Morgan fingerprint density at radius 2 is 1.89 bits per heavy atom. The Morgan fingerprint density at radius 3 is 2.53 bits per heavy atom. The van der Waals surface area contributed by atoms with E-state index in [-0.39, 0.29) is 6.04 Å². The number of anilines is 1. The van der Waals surface area contributed by atoms with E-state index in [0.717, 1.165) is 10.7 Å². The van der Waals surface area contributed by atoms with Crippen LogP contribution in [0.4, 0.5) is 5.69 Å². The summed E-state index contributed by atoms with van der Waals surface area (Å²) >= 11 is 5.99. The van der Waals surface area contributed by atoms with Gasteiger partial charge in [0.15, 0.2) is 0 Å². The number of aryl methyl sites for hydroxylation is 2. The minimum Gasteiger partial charge on any atom is -0.377 e. The van der Waals surface area contributed by atoms with E-state index in [2.05, 4.69) is 37.4 Å². The Bertz CT molecular complexity index is 566. The van der Waals surface area contributed by atoms with Crippen molar-refractivity contribution < 1.29 is 0 Å². The van der Waals surface area contributed by atoms with E-state index in [9.17, 15) is 0 Å². The van der Waals surface area contributed by atoms with Crippen LogP contribution in [0.15, 0.2) is 42.5 Å². The zero-order valence-electron chi connectivity index (χ0n) is 11.3. The minimum atomic E-state index is 0.0952. The first-order valence-electron chi connectivity index (χ1n) is 6.39. The second-order valence-corrected chi connectivity index (χ2v) is 5.22. The molecule has 0 saturated heterocycles. The number of nitrogens with one attached hydrogen (secondary N) is 1. The van der Waals surface area contributed by atoms with Crippen molar-refractivity contribution in [3.8, 4) is 0 Å². The molecule has 0 amide bonds. The number of benzene rings is 2. The molecule has 0 heterocycles. The number of halogens is 1. The molecule has 0 aromatic heterocycles. The molecule has 2 aromatic carbocycles. The van der Waals surface area contributed by atoms with Gasteiger partial charge in [-0.15, -0.1) is 0 Å². The second-order valence-electron chi connectivity index (χ2n) is 4.79. The van der Waals surface area contributed by atoms with Crippen molar-refractivity contribution in [1.29, 1.82) is 0 Å². The molecular formula is C16H19ClN2. The molecule has 0 aliphatic rings. The monoisotopic (exact) mass is 274 g/mol. The number of hydrogen-bond donors (Lipinski definition) is 2. The van der Waals surface area contributed by atoms with Crippen LogP contribution in [-0.2, 0) is 0 Å². The maximum atomic E-state index is 5.99. The zero-order valence-corrected chi connectivity index (χ0v) is 12.0. The van der Waals surface area contributed by atoms with Gasteiger partial charge < -0.3 is 11.1 Å². The van der Waals surface area contributed by atoms with E-state index >= 15 is 0 Å². The minimum absolute atomic E-state index is 0.0952. The molecule has 2 aromatic rings. The summed E-state index contributed by atoms with van der Waals surface area (Å²) in [5, 5.41) is 4.15. The van der Waals surface area contributed by atoms with Gasteiger partial charge in [0.25, 0.3) is 0 Å². The summed E-state index contributed by atoms with van der Waals surface area (Å²) < 4.78 is 0. The highest BCUT2D eigenvalue weighted by Gasteiger charge is 2.10.